The Morgan fingerprint density at radius 1 is 0.893 bits per heavy atom. The van der Waals surface area contributed by atoms with Gasteiger partial charge in [0.05, 0.1) is 12.3 Å². The molecule has 0 heterocycles. The Bertz CT molecular complexity index is 886. The van der Waals surface area contributed by atoms with Crippen LogP contribution in [0, 0.1) is 0 Å². The summed E-state index contributed by atoms with van der Waals surface area (Å²) < 4.78 is 5.93. The highest BCUT2D eigenvalue weighted by atomic mass is 16.5. The number of nitrogens with one attached hydrogen (secondary N) is 1. The number of para-hydroxylation sites is 2. The van der Waals surface area contributed by atoms with Gasteiger partial charge in [0.15, 0.2) is 0 Å². The van der Waals surface area contributed by atoms with Gasteiger partial charge in [-0.1, -0.05) is 68.4 Å². The largest absolute Gasteiger partial charge is 0.491 e. The summed E-state index contributed by atoms with van der Waals surface area (Å²) in [5, 5.41) is 2.97. The van der Waals surface area contributed by atoms with Crippen molar-refractivity contribution in [1.82, 2.24) is 0 Å². The lowest BCUT2D eigenvalue weighted by Crippen LogP contribution is -2.13. The van der Waals surface area contributed by atoms with E-state index in [1.165, 1.54) is 11.1 Å². The number of amides is 1. The molecule has 144 valence electrons. The van der Waals surface area contributed by atoms with E-state index in [9.17, 15) is 4.79 Å². The van der Waals surface area contributed by atoms with Gasteiger partial charge in [0.1, 0.15) is 5.75 Å². The predicted octanol–water partition coefficient (Wildman–Crippen LogP) is 6.07. The summed E-state index contributed by atoms with van der Waals surface area (Å²) in [6.45, 7) is 4.88. The number of hydrogen-bond acceptors (Lipinski definition) is 2. The van der Waals surface area contributed by atoms with E-state index in [0.29, 0.717) is 29.5 Å². The molecule has 3 nitrogen and oxygen atoms in total. The first kappa shape index (κ1) is 19.7. The molecule has 0 spiro atoms. The van der Waals surface area contributed by atoms with Crippen molar-refractivity contribution in [1.29, 1.82) is 0 Å². The van der Waals surface area contributed by atoms with E-state index in [-0.39, 0.29) is 5.91 Å². The number of aryl methyl sites for hydroxylation is 1. The lowest BCUT2D eigenvalue weighted by atomic mass is 10.0. The third-order valence-corrected chi connectivity index (χ3v) is 4.68. The van der Waals surface area contributed by atoms with Crippen LogP contribution in [-0.4, -0.2) is 12.5 Å². The third-order valence-electron chi connectivity index (χ3n) is 4.68. The standard InChI is InChI=1S/C25H27NO2/c1-19(2)21-14-16-22(17-15-21)25(27)26-23-12-6-7-13-24(23)28-18-8-11-20-9-4-3-5-10-20/h3-7,9-10,12-17,19H,8,11,18H2,1-2H3,(H,26,27). The van der Waals surface area contributed by atoms with Crippen LogP contribution in [0.3, 0.4) is 0 Å². The van der Waals surface area contributed by atoms with Gasteiger partial charge >= 0.3 is 0 Å². The lowest BCUT2D eigenvalue weighted by molar-refractivity contribution is 0.102. The minimum Gasteiger partial charge on any atom is -0.491 e. The van der Waals surface area contributed by atoms with Crippen molar-refractivity contribution in [3.63, 3.8) is 0 Å². The lowest BCUT2D eigenvalue weighted by Gasteiger charge is -2.13. The smallest absolute Gasteiger partial charge is 0.255 e. The maximum Gasteiger partial charge on any atom is 0.255 e. The van der Waals surface area contributed by atoms with Gasteiger partial charge in [-0.2, -0.15) is 0 Å². The molecule has 28 heavy (non-hydrogen) atoms. The minimum absolute atomic E-state index is 0.129. The molecule has 1 N–H and O–H groups in total. The summed E-state index contributed by atoms with van der Waals surface area (Å²) in [5.41, 5.74) is 3.86. The number of rotatable bonds is 8. The maximum atomic E-state index is 12.6. The third kappa shape index (κ3) is 5.46. The van der Waals surface area contributed by atoms with Crippen LogP contribution >= 0.6 is 0 Å². The summed E-state index contributed by atoms with van der Waals surface area (Å²) >= 11 is 0. The van der Waals surface area contributed by atoms with E-state index in [2.05, 4.69) is 43.4 Å². The number of carbonyl (C=O) groups excluding carboxylic acids is 1. The van der Waals surface area contributed by atoms with Crippen LogP contribution in [-0.2, 0) is 6.42 Å². The van der Waals surface area contributed by atoms with Crippen LogP contribution in [0.5, 0.6) is 5.75 Å². The summed E-state index contributed by atoms with van der Waals surface area (Å²) in [6, 6.07) is 25.7. The van der Waals surface area contributed by atoms with Gasteiger partial charge in [-0.05, 0) is 54.2 Å². The van der Waals surface area contributed by atoms with E-state index in [4.69, 9.17) is 4.74 Å². The maximum absolute atomic E-state index is 12.6. The van der Waals surface area contributed by atoms with E-state index in [0.717, 1.165) is 12.8 Å². The van der Waals surface area contributed by atoms with Crippen LogP contribution < -0.4 is 10.1 Å². The molecule has 0 aliphatic rings. The summed E-state index contributed by atoms with van der Waals surface area (Å²) in [7, 11) is 0. The molecule has 0 unspecified atom stereocenters. The van der Waals surface area contributed by atoms with Crippen molar-refractivity contribution in [2.75, 3.05) is 11.9 Å². The Morgan fingerprint density at radius 3 is 2.29 bits per heavy atom. The predicted molar refractivity (Wildman–Crippen MR) is 115 cm³/mol. The fourth-order valence-electron chi connectivity index (χ4n) is 3.01. The SMILES string of the molecule is CC(C)c1ccc(C(=O)Nc2ccccc2OCCCc2ccccc2)cc1. The average Bonchev–Trinajstić information content (AvgIpc) is 2.73. The van der Waals surface area contributed by atoms with Gasteiger partial charge < -0.3 is 10.1 Å². The van der Waals surface area contributed by atoms with Gasteiger partial charge in [-0.3, -0.25) is 4.79 Å². The summed E-state index contributed by atoms with van der Waals surface area (Å²) in [5.74, 6) is 1.01. The number of ether oxygens (including phenoxy) is 1. The van der Waals surface area contributed by atoms with Crippen molar-refractivity contribution in [2.24, 2.45) is 0 Å². The highest BCUT2D eigenvalue weighted by Crippen LogP contribution is 2.25. The Morgan fingerprint density at radius 2 is 1.57 bits per heavy atom. The summed E-state index contributed by atoms with van der Waals surface area (Å²) in [4.78, 5) is 12.6. The fraction of sp³-hybridized carbons (Fsp3) is 0.240. The molecule has 0 fully saturated rings. The van der Waals surface area contributed by atoms with Crippen molar-refractivity contribution in [3.05, 3.63) is 95.6 Å². The number of benzene rings is 3. The molecule has 3 heteroatoms. The topological polar surface area (TPSA) is 38.3 Å². The molecule has 0 saturated carbocycles. The molecule has 0 aromatic heterocycles. The van der Waals surface area contributed by atoms with Crippen molar-refractivity contribution >= 4 is 11.6 Å². The summed E-state index contributed by atoms with van der Waals surface area (Å²) in [6.07, 6.45) is 1.89. The van der Waals surface area contributed by atoms with Gasteiger partial charge in [-0.15, -0.1) is 0 Å². The quantitative estimate of drug-likeness (QED) is 0.486. The second-order valence-corrected chi connectivity index (χ2v) is 7.16. The monoisotopic (exact) mass is 373 g/mol. The highest BCUT2D eigenvalue weighted by molar-refractivity contribution is 6.05. The van der Waals surface area contributed by atoms with Gasteiger partial charge in [0.25, 0.3) is 5.91 Å². The van der Waals surface area contributed by atoms with E-state index in [1.54, 1.807) is 0 Å². The molecule has 0 saturated heterocycles. The molecule has 0 aliphatic carbocycles. The zero-order chi connectivity index (χ0) is 19.8. The number of anilines is 1. The minimum atomic E-state index is -0.129. The molecule has 3 aromatic carbocycles. The van der Waals surface area contributed by atoms with E-state index >= 15 is 0 Å². The van der Waals surface area contributed by atoms with Gasteiger partial charge in [-0.25, -0.2) is 0 Å². The van der Waals surface area contributed by atoms with Gasteiger partial charge in [0.2, 0.25) is 0 Å². The number of hydrogen-bond donors (Lipinski definition) is 1. The first-order valence-corrected chi connectivity index (χ1v) is 9.80. The zero-order valence-electron chi connectivity index (χ0n) is 16.5. The second kappa shape index (κ2) is 9.75. The van der Waals surface area contributed by atoms with Gasteiger partial charge in [0, 0.05) is 5.56 Å². The first-order chi connectivity index (χ1) is 13.6. The fourth-order valence-corrected chi connectivity index (χ4v) is 3.01. The molecular formula is C25H27NO2. The first-order valence-electron chi connectivity index (χ1n) is 9.80. The van der Waals surface area contributed by atoms with Crippen molar-refractivity contribution in [3.8, 4) is 5.75 Å². The van der Waals surface area contributed by atoms with Crippen molar-refractivity contribution in [2.45, 2.75) is 32.6 Å². The molecule has 3 rings (SSSR count). The molecule has 0 bridgehead atoms. The zero-order valence-corrected chi connectivity index (χ0v) is 16.5. The van der Waals surface area contributed by atoms with Crippen LogP contribution in [0.25, 0.3) is 0 Å². The van der Waals surface area contributed by atoms with E-state index < -0.39 is 0 Å². The average molecular weight is 373 g/mol. The molecular weight excluding hydrogens is 346 g/mol. The molecule has 3 aromatic rings. The Balaban J connectivity index is 1.57. The Labute approximate surface area is 167 Å². The van der Waals surface area contributed by atoms with Crippen LogP contribution in [0.15, 0.2) is 78.9 Å². The molecule has 0 atom stereocenters. The van der Waals surface area contributed by atoms with Crippen LogP contribution in [0.2, 0.25) is 0 Å². The molecule has 0 radical (unpaired) electrons. The van der Waals surface area contributed by atoms with E-state index in [1.807, 2.05) is 54.6 Å². The Hall–Kier alpha value is -3.07. The molecule has 0 aliphatic heterocycles. The van der Waals surface area contributed by atoms with Crippen LogP contribution in [0.1, 0.15) is 47.7 Å². The molecule has 1 amide bonds. The highest BCUT2D eigenvalue weighted by Gasteiger charge is 2.10. The second-order valence-electron chi connectivity index (χ2n) is 7.16. The number of carbonyl (C=O) groups is 1. The normalized spacial score (nSPS) is 10.7. The van der Waals surface area contributed by atoms with Crippen LogP contribution in [0.4, 0.5) is 5.69 Å². The van der Waals surface area contributed by atoms with Crippen molar-refractivity contribution < 1.29 is 9.53 Å². The Kier molecular flexibility index (Phi) is 6.85.